The molecule has 1 aromatic carbocycles. The summed E-state index contributed by atoms with van der Waals surface area (Å²) in [5.74, 6) is -0.0182. The predicted octanol–water partition coefficient (Wildman–Crippen LogP) is 1.29. The number of aliphatic hydroxyl groups excluding tert-OH is 1. The van der Waals surface area contributed by atoms with Gasteiger partial charge in [0, 0.05) is 6.61 Å². The van der Waals surface area contributed by atoms with E-state index >= 15 is 0 Å². The predicted molar refractivity (Wildman–Crippen MR) is 89.7 cm³/mol. The Morgan fingerprint density at radius 3 is 2.54 bits per heavy atom. The van der Waals surface area contributed by atoms with Gasteiger partial charge in [-0.25, -0.2) is 0 Å². The third-order valence-corrected chi connectivity index (χ3v) is 3.73. The average Bonchev–Trinajstić information content (AvgIpc) is 2.51. The van der Waals surface area contributed by atoms with Crippen molar-refractivity contribution in [3.8, 4) is 5.75 Å². The van der Waals surface area contributed by atoms with Gasteiger partial charge in [0.25, 0.3) is 10.1 Å². The third-order valence-electron chi connectivity index (χ3n) is 2.93. The monoisotopic (exact) mass is 360 g/mol. The first kappa shape index (κ1) is 20.6. The summed E-state index contributed by atoms with van der Waals surface area (Å²) in [4.78, 5) is 0. The number of ether oxygens (including phenoxy) is 3. The van der Waals surface area contributed by atoms with Gasteiger partial charge in [-0.2, -0.15) is 8.42 Å². The van der Waals surface area contributed by atoms with Crippen LogP contribution in [0.3, 0.4) is 0 Å². The normalized spacial score (nSPS) is 14.1. The molecule has 0 radical (unpaired) electrons. The Morgan fingerprint density at radius 2 is 1.92 bits per heavy atom. The molecule has 0 fully saturated rings. The van der Waals surface area contributed by atoms with Gasteiger partial charge in [-0.15, -0.1) is 6.58 Å². The van der Waals surface area contributed by atoms with Crippen LogP contribution in [-0.2, 0) is 19.6 Å². The fraction of sp³-hybridized carbons (Fsp3) is 0.500. The van der Waals surface area contributed by atoms with Gasteiger partial charge in [-0.3, -0.25) is 4.55 Å². The van der Waals surface area contributed by atoms with Crippen LogP contribution in [0.15, 0.2) is 43.0 Å². The maximum atomic E-state index is 10.7. The zero-order valence-electron chi connectivity index (χ0n) is 13.4. The van der Waals surface area contributed by atoms with Crippen LogP contribution in [-0.4, -0.2) is 62.5 Å². The molecule has 0 heterocycles. The summed E-state index contributed by atoms with van der Waals surface area (Å²) in [5, 5.41) is 9.52. The van der Waals surface area contributed by atoms with Crippen molar-refractivity contribution < 1.29 is 32.3 Å². The van der Waals surface area contributed by atoms with Gasteiger partial charge < -0.3 is 19.3 Å². The molecule has 0 bridgehead atoms. The van der Waals surface area contributed by atoms with Crippen LogP contribution >= 0.6 is 0 Å². The van der Waals surface area contributed by atoms with Crippen molar-refractivity contribution >= 4 is 10.1 Å². The molecule has 0 saturated carbocycles. The Morgan fingerprint density at radius 1 is 1.21 bits per heavy atom. The number of aliphatic hydroxyl groups is 1. The lowest BCUT2D eigenvalue weighted by molar-refractivity contribution is -0.0394. The van der Waals surface area contributed by atoms with Crippen LogP contribution in [0, 0.1) is 0 Å². The number of benzene rings is 1. The largest absolute Gasteiger partial charge is 0.491 e. The molecule has 136 valence electrons. The van der Waals surface area contributed by atoms with Crippen LogP contribution < -0.4 is 4.74 Å². The second-order valence-electron chi connectivity index (χ2n) is 5.13. The summed E-state index contributed by atoms with van der Waals surface area (Å²) in [6.45, 7) is 4.56. The molecule has 0 saturated heterocycles. The summed E-state index contributed by atoms with van der Waals surface area (Å²) < 4.78 is 46.6. The van der Waals surface area contributed by atoms with Crippen LogP contribution in [0.25, 0.3) is 0 Å². The minimum Gasteiger partial charge on any atom is -0.491 e. The van der Waals surface area contributed by atoms with Crippen molar-refractivity contribution in [3.05, 3.63) is 43.0 Å². The van der Waals surface area contributed by atoms with Gasteiger partial charge in [0.2, 0.25) is 0 Å². The van der Waals surface area contributed by atoms with E-state index in [0.29, 0.717) is 12.4 Å². The van der Waals surface area contributed by atoms with Crippen LogP contribution in [0.1, 0.15) is 6.42 Å². The summed E-state index contributed by atoms with van der Waals surface area (Å²) in [6.07, 6.45) is 0.113. The molecular formula is C16H24O7S. The smallest absolute Gasteiger partial charge is 0.267 e. The molecule has 0 aliphatic rings. The molecule has 0 aromatic heterocycles. The van der Waals surface area contributed by atoms with Crippen molar-refractivity contribution in [3.63, 3.8) is 0 Å². The van der Waals surface area contributed by atoms with E-state index in [9.17, 15) is 13.5 Å². The van der Waals surface area contributed by atoms with Gasteiger partial charge in [0.15, 0.2) is 0 Å². The maximum Gasteiger partial charge on any atom is 0.267 e. The standard InChI is InChI=1S/C16H24O7S/c1-2-9-21-11-16(12-23-15-6-4-3-5-7-15)22-10-8-14(17)13-24(18,19)20/h2-7,14,16-17H,1,8-13H2,(H,18,19,20). The lowest BCUT2D eigenvalue weighted by Gasteiger charge is -2.19. The van der Waals surface area contributed by atoms with Gasteiger partial charge in [0.05, 0.1) is 19.3 Å². The molecule has 0 spiro atoms. The van der Waals surface area contributed by atoms with Gasteiger partial charge in [-0.05, 0) is 18.6 Å². The first-order valence-corrected chi connectivity index (χ1v) is 9.13. The van der Waals surface area contributed by atoms with Gasteiger partial charge in [-0.1, -0.05) is 24.3 Å². The quantitative estimate of drug-likeness (QED) is 0.310. The number of hydrogen-bond donors (Lipinski definition) is 2. The Labute approximate surface area is 142 Å². The highest BCUT2D eigenvalue weighted by atomic mass is 32.2. The minimum absolute atomic E-state index is 0.0725. The zero-order valence-corrected chi connectivity index (χ0v) is 14.2. The van der Waals surface area contributed by atoms with E-state index in [-0.39, 0.29) is 32.3 Å². The number of hydrogen-bond acceptors (Lipinski definition) is 6. The second-order valence-corrected chi connectivity index (χ2v) is 6.63. The first-order chi connectivity index (χ1) is 11.4. The van der Waals surface area contributed by atoms with Gasteiger partial charge in [0.1, 0.15) is 24.2 Å². The van der Waals surface area contributed by atoms with E-state index in [1.807, 2.05) is 30.3 Å². The van der Waals surface area contributed by atoms with Crippen LogP contribution in [0.2, 0.25) is 0 Å². The number of para-hydroxylation sites is 1. The first-order valence-electron chi connectivity index (χ1n) is 7.52. The molecule has 8 heteroatoms. The molecule has 2 N–H and O–H groups in total. The zero-order chi connectivity index (χ0) is 17.8. The van der Waals surface area contributed by atoms with Crippen molar-refractivity contribution in [1.29, 1.82) is 0 Å². The van der Waals surface area contributed by atoms with E-state index in [1.165, 1.54) is 0 Å². The molecule has 1 rings (SSSR count). The molecular weight excluding hydrogens is 336 g/mol. The van der Waals surface area contributed by atoms with Gasteiger partial charge >= 0.3 is 0 Å². The Balaban J connectivity index is 2.39. The summed E-state index contributed by atoms with van der Waals surface area (Å²) in [5.41, 5.74) is 0. The molecule has 0 aliphatic heterocycles. The molecule has 1 aromatic rings. The highest BCUT2D eigenvalue weighted by Gasteiger charge is 2.16. The third kappa shape index (κ3) is 10.3. The summed E-state index contributed by atoms with van der Waals surface area (Å²) >= 11 is 0. The minimum atomic E-state index is -4.20. The fourth-order valence-corrected chi connectivity index (χ4v) is 2.48. The molecule has 0 amide bonds. The van der Waals surface area contributed by atoms with Crippen molar-refractivity contribution in [2.24, 2.45) is 0 Å². The molecule has 7 nitrogen and oxygen atoms in total. The highest BCUT2D eigenvalue weighted by Crippen LogP contribution is 2.10. The topological polar surface area (TPSA) is 102 Å². The van der Waals surface area contributed by atoms with Crippen molar-refractivity contribution in [2.45, 2.75) is 18.6 Å². The van der Waals surface area contributed by atoms with Crippen LogP contribution in [0.5, 0.6) is 5.75 Å². The van der Waals surface area contributed by atoms with E-state index < -0.39 is 22.0 Å². The maximum absolute atomic E-state index is 10.7. The highest BCUT2D eigenvalue weighted by molar-refractivity contribution is 7.85. The van der Waals surface area contributed by atoms with E-state index in [4.69, 9.17) is 18.8 Å². The van der Waals surface area contributed by atoms with E-state index in [2.05, 4.69) is 6.58 Å². The Kier molecular flexibility index (Phi) is 9.58. The Bertz CT molecular complexity index is 559. The molecule has 2 atom stereocenters. The SMILES string of the molecule is C=CCOCC(COc1ccccc1)OCCC(O)CS(=O)(=O)O. The lowest BCUT2D eigenvalue weighted by atomic mass is 10.3. The molecule has 2 unspecified atom stereocenters. The van der Waals surface area contributed by atoms with E-state index in [0.717, 1.165) is 0 Å². The van der Waals surface area contributed by atoms with Crippen LogP contribution in [0.4, 0.5) is 0 Å². The second kappa shape index (κ2) is 11.2. The van der Waals surface area contributed by atoms with Crippen molar-refractivity contribution in [1.82, 2.24) is 0 Å². The summed E-state index contributed by atoms with van der Waals surface area (Å²) in [6, 6.07) is 9.22. The lowest BCUT2D eigenvalue weighted by Crippen LogP contribution is -2.29. The summed E-state index contributed by atoms with van der Waals surface area (Å²) in [7, 11) is -4.20. The Hall–Kier alpha value is -1.45. The van der Waals surface area contributed by atoms with E-state index in [1.54, 1.807) is 6.08 Å². The average molecular weight is 360 g/mol. The molecule has 0 aliphatic carbocycles. The van der Waals surface area contributed by atoms with Crippen molar-refractivity contribution in [2.75, 3.05) is 32.2 Å². The molecule has 24 heavy (non-hydrogen) atoms. The number of rotatable bonds is 13. The fourth-order valence-electron chi connectivity index (χ4n) is 1.83.